The normalized spacial score (nSPS) is 12.9. The number of hydrogen-bond donors (Lipinski definition) is 1. The fourth-order valence-electron chi connectivity index (χ4n) is 1.59. The Morgan fingerprint density at radius 2 is 1.84 bits per heavy atom. The maximum Gasteiger partial charge on any atom is 0.224 e. The second-order valence-corrected chi connectivity index (χ2v) is 4.75. The molecule has 1 heterocycles. The zero-order valence-corrected chi connectivity index (χ0v) is 11.5. The second-order valence-electron chi connectivity index (χ2n) is 3.90. The minimum atomic E-state index is -1.25. The molecule has 19 heavy (non-hydrogen) atoms. The lowest BCUT2D eigenvalue weighted by atomic mass is 10.2. The summed E-state index contributed by atoms with van der Waals surface area (Å²) in [7, 11) is 0. The molecule has 0 aromatic heterocycles. The van der Waals surface area contributed by atoms with Gasteiger partial charge in [0, 0.05) is 29.0 Å². The number of benzene rings is 1. The van der Waals surface area contributed by atoms with Crippen molar-refractivity contribution in [2.75, 3.05) is 18.5 Å². The number of rotatable bonds is 4. The molecule has 1 aliphatic heterocycles. The highest BCUT2D eigenvalue weighted by molar-refractivity contribution is 9.10. The SMILES string of the molecule is O=C([O-])CCC(=O)Nc1cc2c(cc1Br)OCCO2. The average molecular weight is 329 g/mol. The number of amides is 1. The molecule has 2 rings (SSSR count). The zero-order valence-electron chi connectivity index (χ0n) is 9.90. The molecule has 1 aromatic rings. The molecule has 0 saturated carbocycles. The van der Waals surface area contributed by atoms with Crippen LogP contribution in [0.15, 0.2) is 16.6 Å². The van der Waals surface area contributed by atoms with Crippen molar-refractivity contribution in [2.45, 2.75) is 12.8 Å². The number of carbonyl (C=O) groups is 2. The molecule has 1 aromatic carbocycles. The number of halogens is 1. The molecule has 0 radical (unpaired) electrons. The lowest BCUT2D eigenvalue weighted by Gasteiger charge is -2.20. The van der Waals surface area contributed by atoms with Crippen LogP contribution in [0, 0.1) is 0 Å². The monoisotopic (exact) mass is 328 g/mol. The summed E-state index contributed by atoms with van der Waals surface area (Å²) in [6.45, 7) is 0.934. The van der Waals surface area contributed by atoms with E-state index in [9.17, 15) is 14.7 Å². The molecule has 1 N–H and O–H groups in total. The molecule has 0 atom stereocenters. The van der Waals surface area contributed by atoms with E-state index in [4.69, 9.17) is 9.47 Å². The first-order valence-corrected chi connectivity index (χ1v) is 6.44. The van der Waals surface area contributed by atoms with Crippen LogP contribution >= 0.6 is 15.9 Å². The molecule has 7 heteroatoms. The Morgan fingerprint density at radius 3 is 2.47 bits per heavy atom. The van der Waals surface area contributed by atoms with Crippen LogP contribution in [0.2, 0.25) is 0 Å². The van der Waals surface area contributed by atoms with Gasteiger partial charge in [0.25, 0.3) is 0 Å². The van der Waals surface area contributed by atoms with Crippen LogP contribution in [0.1, 0.15) is 12.8 Å². The third-order valence-corrected chi connectivity index (χ3v) is 3.12. The first-order chi connectivity index (χ1) is 9.06. The summed E-state index contributed by atoms with van der Waals surface area (Å²) in [6, 6.07) is 3.33. The van der Waals surface area contributed by atoms with E-state index in [0.717, 1.165) is 0 Å². The summed E-state index contributed by atoms with van der Waals surface area (Å²) >= 11 is 3.30. The van der Waals surface area contributed by atoms with Gasteiger partial charge in [0.05, 0.1) is 5.69 Å². The van der Waals surface area contributed by atoms with Gasteiger partial charge in [0.2, 0.25) is 5.91 Å². The predicted octanol–water partition coefficient (Wildman–Crippen LogP) is 0.689. The summed E-state index contributed by atoms with van der Waals surface area (Å²) in [4.78, 5) is 21.8. The Bertz CT molecular complexity index is 517. The lowest BCUT2D eigenvalue weighted by Crippen LogP contribution is -2.24. The maximum absolute atomic E-state index is 11.5. The standard InChI is InChI=1S/C12H12BrNO5/c13-7-5-9-10(19-4-3-18-9)6-8(7)14-11(15)1-2-12(16)17/h5-6H,1-4H2,(H,14,15)(H,16,17)/p-1. The van der Waals surface area contributed by atoms with Crippen molar-refractivity contribution >= 4 is 33.5 Å². The Kier molecular flexibility index (Phi) is 4.26. The van der Waals surface area contributed by atoms with Gasteiger partial charge in [-0.1, -0.05) is 0 Å². The fraction of sp³-hybridized carbons (Fsp3) is 0.333. The van der Waals surface area contributed by atoms with E-state index in [-0.39, 0.29) is 12.8 Å². The van der Waals surface area contributed by atoms with Crippen molar-refractivity contribution in [1.82, 2.24) is 0 Å². The summed E-state index contributed by atoms with van der Waals surface area (Å²) in [5, 5.41) is 12.9. The summed E-state index contributed by atoms with van der Waals surface area (Å²) in [5.41, 5.74) is 0.507. The number of aliphatic carboxylic acids is 1. The highest BCUT2D eigenvalue weighted by Crippen LogP contribution is 2.38. The zero-order chi connectivity index (χ0) is 13.8. The van der Waals surface area contributed by atoms with Gasteiger partial charge in [-0.05, 0) is 22.4 Å². The van der Waals surface area contributed by atoms with Gasteiger partial charge in [-0.15, -0.1) is 0 Å². The summed E-state index contributed by atoms with van der Waals surface area (Å²) in [6.07, 6.45) is -0.447. The molecule has 0 saturated heterocycles. The Morgan fingerprint density at radius 1 is 1.21 bits per heavy atom. The first-order valence-electron chi connectivity index (χ1n) is 5.65. The van der Waals surface area contributed by atoms with Gasteiger partial charge in [-0.3, -0.25) is 4.79 Å². The van der Waals surface area contributed by atoms with Crippen LogP contribution < -0.4 is 19.9 Å². The Labute approximate surface area is 117 Å². The van der Waals surface area contributed by atoms with Crippen molar-refractivity contribution in [1.29, 1.82) is 0 Å². The molecule has 102 valence electrons. The van der Waals surface area contributed by atoms with Crippen LogP contribution in [-0.2, 0) is 9.59 Å². The molecule has 1 amide bonds. The largest absolute Gasteiger partial charge is 0.550 e. The summed E-state index contributed by atoms with van der Waals surface area (Å²) < 4.78 is 11.4. The van der Waals surface area contributed by atoms with Gasteiger partial charge in [-0.25, -0.2) is 0 Å². The van der Waals surface area contributed by atoms with Gasteiger partial charge in [0.15, 0.2) is 11.5 Å². The smallest absolute Gasteiger partial charge is 0.224 e. The number of hydrogen-bond acceptors (Lipinski definition) is 5. The minimum Gasteiger partial charge on any atom is -0.550 e. The van der Waals surface area contributed by atoms with E-state index in [1.165, 1.54) is 0 Å². The van der Waals surface area contributed by atoms with E-state index < -0.39 is 11.9 Å². The van der Waals surface area contributed by atoms with E-state index in [2.05, 4.69) is 21.2 Å². The number of carboxylic acids is 1. The first kappa shape index (κ1) is 13.7. The Hall–Kier alpha value is -1.76. The number of fused-ring (bicyclic) bond motifs is 1. The molecule has 0 unspecified atom stereocenters. The number of anilines is 1. The van der Waals surface area contributed by atoms with Crippen LogP contribution in [0.25, 0.3) is 0 Å². The van der Waals surface area contributed by atoms with Gasteiger partial charge in [-0.2, -0.15) is 0 Å². The van der Waals surface area contributed by atoms with Gasteiger partial charge < -0.3 is 24.7 Å². The molecule has 0 aliphatic carbocycles. The predicted molar refractivity (Wildman–Crippen MR) is 68.0 cm³/mol. The van der Waals surface area contributed by atoms with E-state index >= 15 is 0 Å². The van der Waals surface area contributed by atoms with Crippen molar-refractivity contribution in [2.24, 2.45) is 0 Å². The van der Waals surface area contributed by atoms with Crippen LogP contribution in [-0.4, -0.2) is 25.1 Å². The topological polar surface area (TPSA) is 87.7 Å². The fourth-order valence-corrected chi connectivity index (χ4v) is 2.01. The Balaban J connectivity index is 2.07. The highest BCUT2D eigenvalue weighted by Gasteiger charge is 2.16. The number of nitrogens with one attached hydrogen (secondary N) is 1. The third kappa shape index (κ3) is 3.60. The van der Waals surface area contributed by atoms with Crippen molar-refractivity contribution in [3.05, 3.63) is 16.6 Å². The van der Waals surface area contributed by atoms with Gasteiger partial charge in [0.1, 0.15) is 13.2 Å². The number of carboxylic acid groups (broad SMARTS) is 1. The minimum absolute atomic E-state index is 0.136. The number of ether oxygens (including phenoxy) is 2. The van der Waals surface area contributed by atoms with Crippen molar-refractivity contribution < 1.29 is 24.2 Å². The van der Waals surface area contributed by atoms with Crippen LogP contribution in [0.4, 0.5) is 5.69 Å². The van der Waals surface area contributed by atoms with Crippen molar-refractivity contribution in [3.63, 3.8) is 0 Å². The number of carbonyl (C=O) groups excluding carboxylic acids is 2. The molecular weight excluding hydrogens is 318 g/mol. The van der Waals surface area contributed by atoms with Gasteiger partial charge >= 0.3 is 0 Å². The maximum atomic E-state index is 11.5. The van der Waals surface area contributed by atoms with E-state index in [0.29, 0.717) is 34.9 Å². The van der Waals surface area contributed by atoms with E-state index in [1.54, 1.807) is 12.1 Å². The van der Waals surface area contributed by atoms with Crippen LogP contribution in [0.3, 0.4) is 0 Å². The van der Waals surface area contributed by atoms with E-state index in [1.807, 2.05) is 0 Å². The summed E-state index contributed by atoms with van der Waals surface area (Å²) in [5.74, 6) is -0.506. The third-order valence-electron chi connectivity index (χ3n) is 2.46. The molecule has 0 spiro atoms. The average Bonchev–Trinajstić information content (AvgIpc) is 2.37. The molecule has 0 bridgehead atoms. The lowest BCUT2D eigenvalue weighted by molar-refractivity contribution is -0.305. The van der Waals surface area contributed by atoms with Crippen LogP contribution in [0.5, 0.6) is 11.5 Å². The van der Waals surface area contributed by atoms with Crippen molar-refractivity contribution in [3.8, 4) is 11.5 Å². The quantitative estimate of drug-likeness (QED) is 0.878. The second kappa shape index (κ2) is 5.92. The molecule has 1 aliphatic rings. The highest BCUT2D eigenvalue weighted by atomic mass is 79.9. The molecular formula is C12H11BrNO5-. The molecule has 0 fully saturated rings. The molecule has 6 nitrogen and oxygen atoms in total.